The van der Waals surface area contributed by atoms with Gasteiger partial charge in [0.1, 0.15) is 6.61 Å². The highest BCUT2D eigenvalue weighted by atomic mass is 16.6. The molecule has 0 aromatic heterocycles. The molecule has 7 nitrogen and oxygen atoms in total. The Morgan fingerprint density at radius 3 is 2.78 bits per heavy atom. The first kappa shape index (κ1) is 13.9. The molecule has 1 rings (SSSR count). The van der Waals surface area contributed by atoms with Crippen LogP contribution in [0.25, 0.3) is 0 Å². The molecule has 98 valence electrons. The number of nitrogens with zero attached hydrogens (tertiary/aromatic N) is 2. The highest BCUT2D eigenvalue weighted by Gasteiger charge is 2.17. The number of nitro benzene ring substituents is 1. The van der Waals surface area contributed by atoms with Gasteiger partial charge < -0.3 is 15.2 Å². The van der Waals surface area contributed by atoms with Crippen LogP contribution in [0.2, 0.25) is 0 Å². The minimum atomic E-state index is -0.519. The van der Waals surface area contributed by atoms with Gasteiger partial charge in [-0.2, -0.15) is 0 Å². The lowest BCUT2D eigenvalue weighted by molar-refractivity contribution is -0.385. The van der Waals surface area contributed by atoms with E-state index in [0.29, 0.717) is 17.9 Å². The SMILES string of the molecule is CN=Cc1cc([N+](=O)[O-])c(OCCOC)cc1N. The maximum atomic E-state index is 10.9. The maximum absolute atomic E-state index is 10.9. The Hall–Kier alpha value is -2.15. The topological polar surface area (TPSA) is 100.0 Å². The summed E-state index contributed by atoms with van der Waals surface area (Å²) >= 11 is 0. The Balaban J connectivity index is 3.08. The number of benzene rings is 1. The molecule has 0 spiro atoms. The first-order valence-corrected chi connectivity index (χ1v) is 5.22. The minimum absolute atomic E-state index is 0.128. The summed E-state index contributed by atoms with van der Waals surface area (Å²) in [6.45, 7) is 0.563. The molecule has 0 amide bonds. The first-order valence-electron chi connectivity index (χ1n) is 5.22. The highest BCUT2D eigenvalue weighted by molar-refractivity contribution is 5.89. The summed E-state index contributed by atoms with van der Waals surface area (Å²) in [5.74, 6) is 0.128. The monoisotopic (exact) mass is 253 g/mol. The van der Waals surface area contributed by atoms with Crippen molar-refractivity contribution in [1.82, 2.24) is 0 Å². The molecule has 0 aliphatic rings. The summed E-state index contributed by atoms with van der Waals surface area (Å²) < 4.78 is 10.1. The van der Waals surface area contributed by atoms with Crippen LogP contribution in [0.3, 0.4) is 0 Å². The third-order valence-electron chi connectivity index (χ3n) is 2.17. The molecule has 2 N–H and O–H groups in total. The summed E-state index contributed by atoms with van der Waals surface area (Å²) in [4.78, 5) is 14.2. The predicted molar refractivity (Wildman–Crippen MR) is 68.4 cm³/mol. The molecule has 0 atom stereocenters. The van der Waals surface area contributed by atoms with Crippen LogP contribution >= 0.6 is 0 Å². The molecule has 7 heteroatoms. The summed E-state index contributed by atoms with van der Waals surface area (Å²) in [6, 6.07) is 2.76. The second kappa shape index (κ2) is 6.55. The molecule has 0 aliphatic carbocycles. The third kappa shape index (κ3) is 3.42. The molecular formula is C11H15N3O4. The van der Waals surface area contributed by atoms with Crippen LogP contribution in [-0.2, 0) is 4.74 Å². The molecule has 0 aliphatic heterocycles. The van der Waals surface area contributed by atoms with Gasteiger partial charge in [0.25, 0.3) is 0 Å². The van der Waals surface area contributed by atoms with Crippen molar-refractivity contribution in [3.63, 3.8) is 0 Å². The highest BCUT2D eigenvalue weighted by Crippen LogP contribution is 2.31. The Morgan fingerprint density at radius 2 is 2.22 bits per heavy atom. The van der Waals surface area contributed by atoms with Crippen LogP contribution in [-0.4, -0.2) is 38.5 Å². The van der Waals surface area contributed by atoms with Crippen LogP contribution < -0.4 is 10.5 Å². The van der Waals surface area contributed by atoms with E-state index in [0.717, 1.165) is 0 Å². The molecule has 0 bridgehead atoms. The number of ether oxygens (including phenoxy) is 2. The van der Waals surface area contributed by atoms with Gasteiger partial charge in [-0.05, 0) is 0 Å². The van der Waals surface area contributed by atoms with Crippen LogP contribution in [0.4, 0.5) is 11.4 Å². The zero-order chi connectivity index (χ0) is 13.5. The molecule has 1 aromatic carbocycles. The van der Waals surface area contributed by atoms with Crippen molar-refractivity contribution < 1.29 is 14.4 Å². The Bertz CT molecular complexity index is 460. The fraction of sp³-hybridized carbons (Fsp3) is 0.364. The van der Waals surface area contributed by atoms with Gasteiger partial charge in [-0.25, -0.2) is 0 Å². The fourth-order valence-electron chi connectivity index (χ4n) is 1.34. The van der Waals surface area contributed by atoms with Gasteiger partial charge in [-0.1, -0.05) is 0 Å². The number of nitrogens with two attached hydrogens (primary N) is 1. The molecule has 0 radical (unpaired) electrons. The Morgan fingerprint density at radius 1 is 1.50 bits per heavy atom. The number of aliphatic imine (C=N–C) groups is 1. The average Bonchev–Trinajstić information content (AvgIpc) is 2.32. The van der Waals surface area contributed by atoms with Gasteiger partial charge in [-0.3, -0.25) is 15.1 Å². The van der Waals surface area contributed by atoms with E-state index >= 15 is 0 Å². The number of anilines is 1. The smallest absolute Gasteiger partial charge is 0.311 e. The van der Waals surface area contributed by atoms with E-state index < -0.39 is 4.92 Å². The van der Waals surface area contributed by atoms with E-state index in [1.54, 1.807) is 7.05 Å². The van der Waals surface area contributed by atoms with Crippen molar-refractivity contribution in [2.75, 3.05) is 33.1 Å². The normalized spacial score (nSPS) is 10.8. The molecular weight excluding hydrogens is 238 g/mol. The van der Waals surface area contributed by atoms with E-state index in [2.05, 4.69) is 4.99 Å². The van der Waals surface area contributed by atoms with Crippen molar-refractivity contribution >= 4 is 17.6 Å². The zero-order valence-electron chi connectivity index (χ0n) is 10.3. The summed E-state index contributed by atoms with van der Waals surface area (Å²) in [5.41, 5.74) is 6.48. The van der Waals surface area contributed by atoms with E-state index in [1.807, 2.05) is 0 Å². The van der Waals surface area contributed by atoms with Gasteiger partial charge in [0.05, 0.1) is 11.5 Å². The van der Waals surface area contributed by atoms with Crippen LogP contribution in [0.15, 0.2) is 17.1 Å². The van der Waals surface area contributed by atoms with Crippen LogP contribution in [0.5, 0.6) is 5.75 Å². The summed E-state index contributed by atoms with van der Waals surface area (Å²) in [7, 11) is 3.08. The lowest BCUT2D eigenvalue weighted by Gasteiger charge is -2.08. The molecule has 1 aromatic rings. The molecule has 0 fully saturated rings. The number of methoxy groups -OCH3 is 1. The van der Waals surface area contributed by atoms with E-state index in [1.165, 1.54) is 25.5 Å². The average molecular weight is 253 g/mol. The number of rotatable bonds is 6. The number of nitro groups is 1. The van der Waals surface area contributed by atoms with Gasteiger partial charge >= 0.3 is 5.69 Å². The summed E-state index contributed by atoms with van der Waals surface area (Å²) in [5, 5.41) is 10.9. The second-order valence-corrected chi connectivity index (χ2v) is 3.43. The lowest BCUT2D eigenvalue weighted by atomic mass is 10.1. The molecule has 0 saturated heterocycles. The van der Waals surface area contributed by atoms with Gasteiger partial charge in [0.2, 0.25) is 0 Å². The van der Waals surface area contributed by atoms with E-state index in [9.17, 15) is 10.1 Å². The first-order chi connectivity index (χ1) is 8.60. The lowest BCUT2D eigenvalue weighted by Crippen LogP contribution is -2.07. The van der Waals surface area contributed by atoms with Gasteiger partial charge in [0.15, 0.2) is 5.75 Å². The van der Waals surface area contributed by atoms with Crippen molar-refractivity contribution in [3.8, 4) is 5.75 Å². The predicted octanol–water partition coefficient (Wildman–Crippen LogP) is 1.25. The second-order valence-electron chi connectivity index (χ2n) is 3.43. The van der Waals surface area contributed by atoms with Crippen molar-refractivity contribution in [2.45, 2.75) is 0 Å². The van der Waals surface area contributed by atoms with Crippen LogP contribution in [0, 0.1) is 10.1 Å². The summed E-state index contributed by atoms with van der Waals surface area (Å²) in [6.07, 6.45) is 1.46. The standard InChI is InChI=1S/C11H15N3O4/c1-13-7-8-5-10(14(15)16)11(6-9(8)12)18-4-3-17-2/h5-7H,3-4,12H2,1-2H3. The van der Waals surface area contributed by atoms with Gasteiger partial charge in [0, 0.05) is 43.8 Å². The quantitative estimate of drug-likeness (QED) is 0.270. The largest absolute Gasteiger partial charge is 0.484 e. The molecule has 0 heterocycles. The van der Waals surface area contributed by atoms with Crippen molar-refractivity contribution in [1.29, 1.82) is 0 Å². The molecule has 0 saturated carbocycles. The molecule has 0 unspecified atom stereocenters. The maximum Gasteiger partial charge on any atom is 0.311 e. The van der Waals surface area contributed by atoms with Crippen molar-refractivity contribution in [3.05, 3.63) is 27.8 Å². The van der Waals surface area contributed by atoms with E-state index in [-0.39, 0.29) is 18.0 Å². The van der Waals surface area contributed by atoms with Crippen LogP contribution in [0.1, 0.15) is 5.56 Å². The Labute approximate surface area is 104 Å². The van der Waals surface area contributed by atoms with E-state index in [4.69, 9.17) is 15.2 Å². The number of hydrogen-bond donors (Lipinski definition) is 1. The van der Waals surface area contributed by atoms with Crippen molar-refractivity contribution in [2.24, 2.45) is 4.99 Å². The molecule has 18 heavy (non-hydrogen) atoms. The number of hydrogen-bond acceptors (Lipinski definition) is 6. The Kier molecular flexibility index (Phi) is 5.06. The fourth-order valence-corrected chi connectivity index (χ4v) is 1.34. The zero-order valence-corrected chi connectivity index (χ0v) is 10.3. The minimum Gasteiger partial charge on any atom is -0.484 e. The van der Waals surface area contributed by atoms with Gasteiger partial charge in [-0.15, -0.1) is 0 Å². The third-order valence-corrected chi connectivity index (χ3v) is 2.17. The number of nitrogen functional groups attached to an aromatic ring is 1.